The fourth-order valence-corrected chi connectivity index (χ4v) is 2.67. The minimum Gasteiger partial charge on any atom is -0.494 e. The normalized spacial score (nSPS) is 10.1. The maximum atomic E-state index is 5.77. The van der Waals surface area contributed by atoms with Crippen LogP contribution in [0.15, 0.2) is 48.5 Å². The van der Waals surface area contributed by atoms with Gasteiger partial charge in [0.05, 0.1) is 13.2 Å². The van der Waals surface area contributed by atoms with Crippen molar-refractivity contribution in [2.45, 2.75) is 58.8 Å². The Morgan fingerprint density at radius 3 is 1.41 bits per heavy atom. The van der Waals surface area contributed by atoms with Crippen LogP contribution in [-0.4, -0.2) is 13.2 Å². The Hall–Kier alpha value is -2.40. The van der Waals surface area contributed by atoms with Crippen LogP contribution in [0.2, 0.25) is 0 Å². The highest BCUT2D eigenvalue weighted by Gasteiger charge is 1.96. The summed E-state index contributed by atoms with van der Waals surface area (Å²) >= 11 is 0. The highest BCUT2D eigenvalue weighted by Crippen LogP contribution is 2.14. The molecule has 2 rings (SSSR count). The third-order valence-corrected chi connectivity index (χ3v) is 4.34. The minimum atomic E-state index is 0.784. The fraction of sp³-hybridized carbons (Fsp3) is 0.440. The Bertz CT molecular complexity index is 690. The van der Waals surface area contributed by atoms with Gasteiger partial charge in [-0.1, -0.05) is 57.8 Å². The molecule has 0 aromatic heterocycles. The Kier molecular flexibility index (Phi) is 9.97. The monoisotopic (exact) mass is 364 g/mol. The van der Waals surface area contributed by atoms with E-state index in [1.165, 1.54) is 32.1 Å². The molecule has 2 aromatic rings. The molecule has 0 atom stereocenters. The van der Waals surface area contributed by atoms with Gasteiger partial charge in [-0.3, -0.25) is 0 Å². The smallest absolute Gasteiger partial charge is 0.119 e. The molecule has 0 radical (unpaired) electrons. The van der Waals surface area contributed by atoms with Gasteiger partial charge in [0.1, 0.15) is 11.5 Å². The lowest BCUT2D eigenvalue weighted by Crippen LogP contribution is -1.97. The van der Waals surface area contributed by atoms with Gasteiger partial charge in [-0.2, -0.15) is 0 Å². The molecule has 0 aliphatic heterocycles. The zero-order valence-corrected chi connectivity index (χ0v) is 16.8. The molecule has 0 aliphatic carbocycles. The molecule has 27 heavy (non-hydrogen) atoms. The van der Waals surface area contributed by atoms with Gasteiger partial charge < -0.3 is 9.47 Å². The van der Waals surface area contributed by atoms with E-state index >= 15 is 0 Å². The quantitative estimate of drug-likeness (QED) is 0.330. The maximum absolute atomic E-state index is 5.77. The number of unbranched alkanes of at least 4 members (excludes halogenated alkanes) is 5. The van der Waals surface area contributed by atoms with Crippen LogP contribution in [0.4, 0.5) is 0 Å². The lowest BCUT2D eigenvalue weighted by atomic mass is 10.1. The van der Waals surface area contributed by atoms with Crippen LogP contribution in [-0.2, 0) is 0 Å². The van der Waals surface area contributed by atoms with Gasteiger partial charge in [0.25, 0.3) is 0 Å². The number of hydrogen-bond acceptors (Lipinski definition) is 2. The van der Waals surface area contributed by atoms with Crippen molar-refractivity contribution in [2.24, 2.45) is 0 Å². The van der Waals surface area contributed by atoms with E-state index in [-0.39, 0.29) is 0 Å². The van der Waals surface area contributed by atoms with Crippen LogP contribution in [0.3, 0.4) is 0 Å². The molecule has 2 aromatic carbocycles. The second-order valence-electron chi connectivity index (χ2n) is 6.76. The van der Waals surface area contributed by atoms with E-state index in [4.69, 9.17) is 9.47 Å². The van der Waals surface area contributed by atoms with Gasteiger partial charge >= 0.3 is 0 Å². The van der Waals surface area contributed by atoms with E-state index in [9.17, 15) is 0 Å². The Balaban J connectivity index is 1.79. The lowest BCUT2D eigenvalue weighted by Gasteiger charge is -2.05. The molecule has 0 saturated carbocycles. The van der Waals surface area contributed by atoms with Crippen LogP contribution in [0, 0.1) is 11.8 Å². The molecule has 0 amide bonds. The fourth-order valence-electron chi connectivity index (χ4n) is 2.67. The van der Waals surface area contributed by atoms with E-state index in [0.717, 1.165) is 48.7 Å². The van der Waals surface area contributed by atoms with Gasteiger partial charge in [-0.25, -0.2) is 0 Å². The van der Waals surface area contributed by atoms with Crippen molar-refractivity contribution < 1.29 is 9.47 Å². The van der Waals surface area contributed by atoms with E-state index in [2.05, 4.69) is 25.7 Å². The predicted molar refractivity (Wildman–Crippen MR) is 114 cm³/mol. The zero-order chi connectivity index (χ0) is 19.2. The van der Waals surface area contributed by atoms with Crippen molar-refractivity contribution in [3.8, 4) is 23.3 Å². The Morgan fingerprint density at radius 2 is 0.963 bits per heavy atom. The summed E-state index contributed by atoms with van der Waals surface area (Å²) in [5.41, 5.74) is 1.99. The molecule has 144 valence electrons. The first-order valence-electron chi connectivity index (χ1n) is 10.3. The van der Waals surface area contributed by atoms with E-state index < -0.39 is 0 Å². The molecule has 0 fully saturated rings. The first-order valence-corrected chi connectivity index (χ1v) is 10.3. The molecular formula is C25H32O2. The Morgan fingerprint density at radius 1 is 0.556 bits per heavy atom. The first-order chi connectivity index (χ1) is 13.3. The molecule has 0 bridgehead atoms. The predicted octanol–water partition coefficient (Wildman–Crippen LogP) is 6.61. The van der Waals surface area contributed by atoms with Gasteiger partial charge in [0.2, 0.25) is 0 Å². The van der Waals surface area contributed by atoms with Crippen molar-refractivity contribution in [2.75, 3.05) is 13.2 Å². The van der Waals surface area contributed by atoms with Crippen molar-refractivity contribution >= 4 is 0 Å². The molecular weight excluding hydrogens is 332 g/mol. The van der Waals surface area contributed by atoms with Crippen LogP contribution >= 0.6 is 0 Å². The SMILES string of the molecule is CCCCCCOc1ccc(C#Cc2ccc(OCCCCC)cc2)cc1. The third kappa shape index (κ3) is 8.69. The van der Waals surface area contributed by atoms with Crippen molar-refractivity contribution in [1.82, 2.24) is 0 Å². The molecule has 0 N–H and O–H groups in total. The second kappa shape index (κ2) is 12.9. The molecule has 0 spiro atoms. The van der Waals surface area contributed by atoms with E-state index in [0.29, 0.717) is 0 Å². The number of benzene rings is 2. The molecule has 0 unspecified atom stereocenters. The van der Waals surface area contributed by atoms with Gasteiger partial charge in [0, 0.05) is 11.1 Å². The first kappa shape index (κ1) is 20.9. The zero-order valence-electron chi connectivity index (χ0n) is 16.8. The summed E-state index contributed by atoms with van der Waals surface area (Å²) in [7, 11) is 0. The molecule has 0 saturated heterocycles. The molecule has 2 nitrogen and oxygen atoms in total. The summed E-state index contributed by atoms with van der Waals surface area (Å²) in [5.74, 6) is 8.24. The summed E-state index contributed by atoms with van der Waals surface area (Å²) in [6.45, 7) is 5.99. The van der Waals surface area contributed by atoms with Gasteiger partial charge in [-0.05, 0) is 61.4 Å². The maximum Gasteiger partial charge on any atom is 0.119 e. The van der Waals surface area contributed by atoms with Crippen LogP contribution in [0.1, 0.15) is 69.9 Å². The molecule has 0 heterocycles. The minimum absolute atomic E-state index is 0.784. The topological polar surface area (TPSA) is 18.5 Å². The Labute approximate surface area is 164 Å². The van der Waals surface area contributed by atoms with E-state index in [1.807, 2.05) is 48.5 Å². The number of ether oxygens (including phenoxy) is 2. The van der Waals surface area contributed by atoms with Crippen LogP contribution in [0.5, 0.6) is 11.5 Å². The molecule has 0 aliphatic rings. The highest BCUT2D eigenvalue weighted by atomic mass is 16.5. The van der Waals surface area contributed by atoms with Gasteiger partial charge in [-0.15, -0.1) is 0 Å². The van der Waals surface area contributed by atoms with E-state index in [1.54, 1.807) is 0 Å². The number of hydrogen-bond donors (Lipinski definition) is 0. The average Bonchev–Trinajstić information content (AvgIpc) is 2.71. The average molecular weight is 365 g/mol. The van der Waals surface area contributed by atoms with Crippen molar-refractivity contribution in [3.05, 3.63) is 59.7 Å². The second-order valence-corrected chi connectivity index (χ2v) is 6.76. The van der Waals surface area contributed by atoms with Crippen molar-refractivity contribution in [3.63, 3.8) is 0 Å². The van der Waals surface area contributed by atoms with Crippen molar-refractivity contribution in [1.29, 1.82) is 0 Å². The summed E-state index contributed by atoms with van der Waals surface area (Å²) in [6.07, 6.45) is 8.43. The number of rotatable bonds is 11. The van der Waals surface area contributed by atoms with Gasteiger partial charge in [0.15, 0.2) is 0 Å². The largest absolute Gasteiger partial charge is 0.494 e. The third-order valence-electron chi connectivity index (χ3n) is 4.34. The summed E-state index contributed by atoms with van der Waals surface area (Å²) in [6, 6.07) is 16.0. The standard InChI is InChI=1S/C25H32O2/c1-3-5-7-9-21-27-25-18-14-23(15-19-25)11-10-22-12-16-24(17-13-22)26-20-8-6-4-2/h12-19H,3-9,20-21H2,1-2H3. The highest BCUT2D eigenvalue weighted by molar-refractivity contribution is 5.45. The van der Waals surface area contributed by atoms with Crippen LogP contribution in [0.25, 0.3) is 0 Å². The summed E-state index contributed by atoms with van der Waals surface area (Å²) in [4.78, 5) is 0. The van der Waals surface area contributed by atoms with Crippen LogP contribution < -0.4 is 9.47 Å². The lowest BCUT2D eigenvalue weighted by molar-refractivity contribution is 0.305. The molecule has 2 heteroatoms. The summed E-state index contributed by atoms with van der Waals surface area (Å²) in [5, 5.41) is 0. The summed E-state index contributed by atoms with van der Waals surface area (Å²) < 4.78 is 11.5.